The third-order valence-corrected chi connectivity index (χ3v) is 8.26. The molecule has 0 unspecified atom stereocenters. The van der Waals surface area contributed by atoms with Gasteiger partial charge in [-0.1, -0.05) is 141 Å². The zero-order valence-electron chi connectivity index (χ0n) is 22.9. The van der Waals surface area contributed by atoms with Gasteiger partial charge in [0.25, 0.3) is 0 Å². The van der Waals surface area contributed by atoms with E-state index in [1.165, 1.54) is 55.9 Å². The molecule has 0 N–H and O–H groups in total. The summed E-state index contributed by atoms with van der Waals surface area (Å²) in [6.07, 6.45) is 0. The number of hydrogen-bond donors (Lipinski definition) is 0. The first kappa shape index (κ1) is 24.2. The van der Waals surface area contributed by atoms with Crippen molar-refractivity contribution in [2.75, 3.05) is 4.90 Å². The molecule has 192 valence electrons. The Labute approximate surface area is 237 Å². The van der Waals surface area contributed by atoms with Crippen molar-refractivity contribution in [2.24, 2.45) is 0 Å². The van der Waals surface area contributed by atoms with Crippen LogP contribution in [0.5, 0.6) is 0 Å². The van der Waals surface area contributed by atoms with Crippen LogP contribution in [-0.4, -0.2) is 0 Å². The Bertz CT molecular complexity index is 1800. The maximum absolute atomic E-state index is 2.46. The largest absolute Gasteiger partial charge is 0.310 e. The molecule has 0 radical (unpaired) electrons. The summed E-state index contributed by atoms with van der Waals surface area (Å²) in [5.74, 6) is 0. The second kappa shape index (κ2) is 9.70. The third kappa shape index (κ3) is 3.94. The Kier molecular flexibility index (Phi) is 5.86. The predicted molar refractivity (Wildman–Crippen MR) is 170 cm³/mol. The lowest BCUT2D eigenvalue weighted by Crippen LogP contribution is -2.21. The van der Waals surface area contributed by atoms with Gasteiger partial charge in [-0.25, -0.2) is 0 Å². The molecule has 0 saturated heterocycles. The van der Waals surface area contributed by atoms with Crippen molar-refractivity contribution in [1.82, 2.24) is 0 Å². The van der Waals surface area contributed by atoms with Crippen LogP contribution >= 0.6 is 0 Å². The fourth-order valence-corrected chi connectivity index (χ4v) is 6.38. The lowest BCUT2D eigenvalue weighted by Gasteiger charge is -2.33. The van der Waals surface area contributed by atoms with Crippen LogP contribution in [0, 0.1) is 0 Å². The summed E-state index contributed by atoms with van der Waals surface area (Å²) >= 11 is 0. The number of hydrogen-bond acceptors (Lipinski definition) is 1. The van der Waals surface area contributed by atoms with Gasteiger partial charge < -0.3 is 4.90 Å². The topological polar surface area (TPSA) is 3.24 Å². The molecule has 1 nitrogen and oxygen atoms in total. The molecular formula is C39H31N. The summed E-state index contributed by atoms with van der Waals surface area (Å²) < 4.78 is 0. The summed E-state index contributed by atoms with van der Waals surface area (Å²) in [7, 11) is 0. The number of anilines is 3. The standard InChI is InChI=1S/C39H31N/c1-39(2)35-21-11-9-19-33(35)34-20-13-23-37(38(34)39)40(31-26-24-29(25-27-31)28-14-5-3-6-15-28)36-22-12-10-18-32(36)30-16-7-4-8-17-30/h3-27H,1-2H3. The van der Waals surface area contributed by atoms with Crippen molar-refractivity contribution in [1.29, 1.82) is 0 Å². The molecule has 6 aromatic rings. The molecule has 1 heteroatoms. The van der Waals surface area contributed by atoms with Gasteiger partial charge in [0.05, 0.1) is 11.4 Å². The van der Waals surface area contributed by atoms with Gasteiger partial charge in [0.2, 0.25) is 0 Å². The fourth-order valence-electron chi connectivity index (χ4n) is 6.38. The molecule has 0 aliphatic heterocycles. The number of benzene rings is 6. The minimum Gasteiger partial charge on any atom is -0.310 e. The predicted octanol–water partition coefficient (Wildman–Crippen LogP) is 10.8. The Morgan fingerprint density at radius 2 is 0.925 bits per heavy atom. The summed E-state index contributed by atoms with van der Waals surface area (Å²) in [5, 5.41) is 0. The van der Waals surface area contributed by atoms with Gasteiger partial charge in [-0.3, -0.25) is 0 Å². The van der Waals surface area contributed by atoms with E-state index >= 15 is 0 Å². The maximum Gasteiger partial charge on any atom is 0.0540 e. The zero-order valence-corrected chi connectivity index (χ0v) is 22.9. The summed E-state index contributed by atoms with van der Waals surface area (Å²) in [4.78, 5) is 2.46. The Morgan fingerprint density at radius 3 is 1.65 bits per heavy atom. The molecule has 0 saturated carbocycles. The second-order valence-corrected chi connectivity index (χ2v) is 11.0. The molecule has 1 aliphatic rings. The van der Waals surface area contributed by atoms with E-state index in [-0.39, 0.29) is 5.41 Å². The molecule has 0 amide bonds. The van der Waals surface area contributed by atoms with Crippen molar-refractivity contribution in [3.63, 3.8) is 0 Å². The van der Waals surface area contributed by atoms with Gasteiger partial charge in [-0.15, -0.1) is 0 Å². The number of nitrogens with zero attached hydrogens (tertiary/aromatic N) is 1. The first-order valence-corrected chi connectivity index (χ1v) is 14.0. The van der Waals surface area contributed by atoms with E-state index in [1.54, 1.807) is 0 Å². The molecule has 0 atom stereocenters. The van der Waals surface area contributed by atoms with Crippen LogP contribution in [-0.2, 0) is 5.41 Å². The molecule has 0 fully saturated rings. The lowest BCUT2D eigenvalue weighted by atomic mass is 9.81. The molecule has 0 aromatic heterocycles. The first-order valence-electron chi connectivity index (χ1n) is 14.0. The highest BCUT2D eigenvalue weighted by molar-refractivity contribution is 5.94. The molecular weight excluding hydrogens is 482 g/mol. The van der Waals surface area contributed by atoms with Crippen LogP contribution in [0.3, 0.4) is 0 Å². The smallest absolute Gasteiger partial charge is 0.0540 e. The average molecular weight is 514 g/mol. The lowest BCUT2D eigenvalue weighted by molar-refractivity contribution is 0.661. The molecule has 40 heavy (non-hydrogen) atoms. The number of para-hydroxylation sites is 1. The van der Waals surface area contributed by atoms with Crippen molar-refractivity contribution in [2.45, 2.75) is 19.3 Å². The van der Waals surface area contributed by atoms with Gasteiger partial charge in [0.1, 0.15) is 0 Å². The van der Waals surface area contributed by atoms with E-state index in [9.17, 15) is 0 Å². The van der Waals surface area contributed by atoms with Crippen molar-refractivity contribution >= 4 is 17.1 Å². The van der Waals surface area contributed by atoms with Crippen LogP contribution in [0.25, 0.3) is 33.4 Å². The maximum atomic E-state index is 2.46. The Morgan fingerprint density at radius 1 is 0.400 bits per heavy atom. The third-order valence-electron chi connectivity index (χ3n) is 8.26. The molecule has 7 rings (SSSR count). The van der Waals surface area contributed by atoms with Crippen LogP contribution in [0.15, 0.2) is 152 Å². The van der Waals surface area contributed by atoms with E-state index in [2.05, 4.69) is 170 Å². The number of rotatable bonds is 5. The van der Waals surface area contributed by atoms with E-state index in [0.717, 1.165) is 5.69 Å². The van der Waals surface area contributed by atoms with Gasteiger partial charge >= 0.3 is 0 Å². The fraction of sp³-hybridized carbons (Fsp3) is 0.0769. The van der Waals surface area contributed by atoms with Crippen molar-refractivity contribution < 1.29 is 0 Å². The highest BCUT2D eigenvalue weighted by Crippen LogP contribution is 2.54. The summed E-state index contributed by atoms with van der Waals surface area (Å²) in [6.45, 7) is 4.72. The van der Waals surface area contributed by atoms with Gasteiger partial charge in [-0.05, 0) is 63.2 Å². The summed E-state index contributed by atoms with van der Waals surface area (Å²) in [6, 6.07) is 54.7. The van der Waals surface area contributed by atoms with E-state index in [4.69, 9.17) is 0 Å². The molecule has 6 aromatic carbocycles. The summed E-state index contributed by atoms with van der Waals surface area (Å²) in [5.41, 5.74) is 13.7. The van der Waals surface area contributed by atoms with Crippen molar-refractivity contribution in [3.05, 3.63) is 163 Å². The van der Waals surface area contributed by atoms with Crippen LogP contribution in [0.1, 0.15) is 25.0 Å². The average Bonchev–Trinajstić information content (AvgIpc) is 3.26. The van der Waals surface area contributed by atoms with Crippen LogP contribution in [0.2, 0.25) is 0 Å². The van der Waals surface area contributed by atoms with Crippen LogP contribution in [0.4, 0.5) is 17.1 Å². The zero-order chi connectivity index (χ0) is 27.1. The monoisotopic (exact) mass is 513 g/mol. The van der Waals surface area contributed by atoms with E-state index in [0.29, 0.717) is 0 Å². The first-order chi connectivity index (χ1) is 19.6. The highest BCUT2D eigenvalue weighted by Gasteiger charge is 2.38. The van der Waals surface area contributed by atoms with Crippen molar-refractivity contribution in [3.8, 4) is 33.4 Å². The minimum atomic E-state index is -0.133. The molecule has 0 heterocycles. The SMILES string of the molecule is CC1(C)c2ccccc2-c2cccc(N(c3ccc(-c4ccccc4)cc3)c3ccccc3-c3ccccc3)c21. The van der Waals surface area contributed by atoms with E-state index in [1.807, 2.05) is 0 Å². The van der Waals surface area contributed by atoms with Gasteiger partial charge in [-0.2, -0.15) is 0 Å². The minimum absolute atomic E-state index is 0.133. The van der Waals surface area contributed by atoms with Gasteiger partial charge in [0.15, 0.2) is 0 Å². The number of fused-ring (bicyclic) bond motifs is 3. The molecule has 0 bridgehead atoms. The molecule has 0 spiro atoms. The Balaban J connectivity index is 1.47. The van der Waals surface area contributed by atoms with E-state index < -0.39 is 0 Å². The highest BCUT2D eigenvalue weighted by atomic mass is 15.1. The van der Waals surface area contributed by atoms with Crippen LogP contribution < -0.4 is 4.90 Å². The second-order valence-electron chi connectivity index (χ2n) is 11.0. The van der Waals surface area contributed by atoms with Gasteiger partial charge in [0, 0.05) is 16.7 Å². The normalized spacial score (nSPS) is 12.9. The molecule has 1 aliphatic carbocycles. The Hall–Kier alpha value is -4.88. The quantitative estimate of drug-likeness (QED) is 0.222.